The van der Waals surface area contributed by atoms with E-state index >= 15 is 0 Å². The van der Waals surface area contributed by atoms with Gasteiger partial charge in [-0.2, -0.15) is 0 Å². The van der Waals surface area contributed by atoms with Gasteiger partial charge in [-0.25, -0.2) is 4.79 Å². The molecule has 1 amide bonds. The molecule has 0 saturated carbocycles. The lowest BCUT2D eigenvalue weighted by Gasteiger charge is -2.39. The summed E-state index contributed by atoms with van der Waals surface area (Å²) in [5.41, 5.74) is 0.771. The number of ether oxygens (including phenoxy) is 2. The first-order valence-corrected chi connectivity index (χ1v) is 10.2. The van der Waals surface area contributed by atoms with Crippen molar-refractivity contribution in [3.63, 3.8) is 0 Å². The quantitative estimate of drug-likeness (QED) is 0.734. The first kappa shape index (κ1) is 21.0. The molecular weight excluding hydrogens is 353 g/mol. The van der Waals surface area contributed by atoms with Gasteiger partial charge in [0.1, 0.15) is 11.4 Å². The fourth-order valence-electron chi connectivity index (χ4n) is 3.60. The average Bonchev–Trinajstić information content (AvgIpc) is 2.72. The second kappa shape index (κ2) is 7.29. The Morgan fingerprint density at radius 3 is 2.29 bits per heavy atom. The molecule has 2 fully saturated rings. The van der Waals surface area contributed by atoms with Crippen molar-refractivity contribution in [3.05, 3.63) is 24.3 Å². The smallest absolute Gasteiger partial charge is 0.410 e. The van der Waals surface area contributed by atoms with E-state index in [1.807, 2.05) is 32.9 Å². The Morgan fingerprint density at radius 2 is 1.79 bits per heavy atom. The van der Waals surface area contributed by atoms with Crippen LogP contribution in [0.1, 0.15) is 48.5 Å². The second-order valence-electron chi connectivity index (χ2n) is 10.3. The van der Waals surface area contributed by atoms with Gasteiger partial charge in [-0.3, -0.25) is 0 Å². The number of carbonyl (C=O) groups is 1. The van der Waals surface area contributed by atoms with Gasteiger partial charge in [-0.1, -0.05) is 26.0 Å². The number of benzene rings is 1. The Hall–Kier alpha value is -1.69. The summed E-state index contributed by atoms with van der Waals surface area (Å²) in [6.45, 7) is 16.6. The van der Waals surface area contributed by atoms with Gasteiger partial charge in [0.2, 0.25) is 0 Å². The Balaban J connectivity index is 1.45. The van der Waals surface area contributed by atoms with E-state index in [0.29, 0.717) is 25.6 Å². The van der Waals surface area contributed by atoms with Crippen LogP contribution in [0.15, 0.2) is 24.3 Å². The van der Waals surface area contributed by atoms with Crippen LogP contribution in [0, 0.1) is 11.3 Å². The van der Waals surface area contributed by atoms with Gasteiger partial charge in [-0.05, 0) is 63.9 Å². The molecule has 0 radical (unpaired) electrons. The lowest BCUT2D eigenvalue weighted by molar-refractivity contribution is -0.00781. The molecule has 1 aromatic rings. The zero-order chi connectivity index (χ0) is 20.7. The van der Waals surface area contributed by atoms with Crippen LogP contribution in [0.3, 0.4) is 0 Å². The van der Waals surface area contributed by atoms with Gasteiger partial charge >= 0.3 is 13.0 Å². The predicted octanol–water partition coefficient (Wildman–Crippen LogP) is 3.97. The normalized spacial score (nSPS) is 21.4. The second-order valence-corrected chi connectivity index (χ2v) is 10.3. The summed E-state index contributed by atoms with van der Waals surface area (Å²) in [7, 11) is 0. The Bertz CT molecular complexity index is 686. The number of nitrogens with zero attached hydrogens (tertiary/aromatic N) is 1. The zero-order valence-electron chi connectivity index (χ0n) is 18.4. The first-order valence-electron chi connectivity index (χ1n) is 10.2. The van der Waals surface area contributed by atoms with Crippen LogP contribution in [0.2, 0.25) is 6.32 Å². The van der Waals surface area contributed by atoms with Crippen LogP contribution < -0.4 is 10.2 Å². The minimum atomic E-state index is -0.451. The van der Waals surface area contributed by atoms with E-state index in [2.05, 4.69) is 39.8 Å². The van der Waals surface area contributed by atoms with Gasteiger partial charge in [-0.15, -0.1) is 0 Å². The number of hydrogen-bond acceptors (Lipinski definition) is 4. The van der Waals surface area contributed by atoms with Crippen molar-refractivity contribution in [2.24, 2.45) is 11.3 Å². The molecule has 2 saturated heterocycles. The monoisotopic (exact) mass is 387 g/mol. The molecule has 5 nitrogen and oxygen atoms in total. The third-order valence-electron chi connectivity index (χ3n) is 6.11. The van der Waals surface area contributed by atoms with E-state index in [1.54, 1.807) is 4.90 Å². The summed E-state index contributed by atoms with van der Waals surface area (Å²) >= 11 is 0. The van der Waals surface area contributed by atoms with E-state index in [-0.39, 0.29) is 24.0 Å². The molecule has 28 heavy (non-hydrogen) atoms. The number of likely N-dealkylation sites (tertiary alicyclic amines) is 1. The lowest BCUT2D eigenvalue weighted by Crippen LogP contribution is -2.53. The molecule has 2 heterocycles. The summed E-state index contributed by atoms with van der Waals surface area (Å²) in [5.74, 6) is 1.21. The van der Waals surface area contributed by atoms with E-state index in [4.69, 9.17) is 14.1 Å². The molecule has 1 aromatic carbocycles. The van der Waals surface area contributed by atoms with Gasteiger partial charge in [0.05, 0.1) is 12.2 Å². The van der Waals surface area contributed by atoms with Crippen molar-refractivity contribution in [2.45, 2.75) is 66.0 Å². The molecule has 0 unspecified atom stereocenters. The van der Waals surface area contributed by atoms with Gasteiger partial charge in [0, 0.05) is 19.0 Å². The van der Waals surface area contributed by atoms with Crippen molar-refractivity contribution in [3.8, 4) is 5.75 Å². The largest absolute Gasteiger partial charge is 0.493 e. The molecule has 0 atom stereocenters. The highest BCUT2D eigenvalue weighted by atomic mass is 16.6. The van der Waals surface area contributed by atoms with E-state index in [0.717, 1.165) is 12.1 Å². The minimum Gasteiger partial charge on any atom is -0.493 e. The summed E-state index contributed by atoms with van der Waals surface area (Å²) in [6.07, 6.45) is 0.776. The first-order chi connectivity index (χ1) is 12.9. The highest BCUT2D eigenvalue weighted by molar-refractivity contribution is 6.68. The average molecular weight is 387 g/mol. The third kappa shape index (κ3) is 4.65. The molecule has 0 bridgehead atoms. The van der Waals surface area contributed by atoms with Crippen molar-refractivity contribution in [1.82, 2.24) is 4.90 Å². The van der Waals surface area contributed by atoms with Crippen molar-refractivity contribution in [2.75, 3.05) is 19.7 Å². The van der Waals surface area contributed by atoms with Crippen LogP contribution >= 0.6 is 0 Å². The highest BCUT2D eigenvalue weighted by Crippen LogP contribution is 2.45. The molecule has 0 aromatic heterocycles. The van der Waals surface area contributed by atoms with Gasteiger partial charge < -0.3 is 19.0 Å². The molecule has 3 rings (SSSR count). The fraction of sp³-hybridized carbons (Fsp3) is 0.682. The van der Waals surface area contributed by atoms with Crippen LogP contribution in [0.25, 0.3) is 0 Å². The van der Waals surface area contributed by atoms with Crippen LogP contribution in [-0.4, -0.2) is 48.8 Å². The highest BCUT2D eigenvalue weighted by Gasteiger charge is 2.49. The lowest BCUT2D eigenvalue weighted by atomic mass is 9.54. The van der Waals surface area contributed by atoms with E-state index in [1.165, 1.54) is 5.46 Å². The Labute approximate surface area is 169 Å². The standard InChI is InChI=1S/C22H34BNO4/c1-20(2,3)27-19(25)24-12-16(13-24)14-26-18-10-8-17(9-11-18)23-15-21(4,5)22(6,7)28-23/h8-11,16H,12-15H2,1-7H3. The van der Waals surface area contributed by atoms with E-state index in [9.17, 15) is 4.79 Å². The summed E-state index contributed by atoms with van der Waals surface area (Å²) in [6, 6.07) is 8.24. The van der Waals surface area contributed by atoms with Crippen molar-refractivity contribution < 1.29 is 18.9 Å². The number of hydrogen-bond donors (Lipinski definition) is 0. The number of rotatable bonds is 4. The van der Waals surface area contributed by atoms with Gasteiger partial charge in [0.25, 0.3) is 0 Å². The van der Waals surface area contributed by atoms with Crippen LogP contribution in [0.4, 0.5) is 4.79 Å². The third-order valence-corrected chi connectivity index (χ3v) is 6.11. The summed E-state index contributed by atoms with van der Waals surface area (Å²) in [4.78, 5) is 13.7. The minimum absolute atomic E-state index is 0.128. The molecule has 2 aliphatic rings. The topological polar surface area (TPSA) is 48.0 Å². The maximum atomic E-state index is 12.0. The Morgan fingerprint density at radius 1 is 1.18 bits per heavy atom. The maximum Gasteiger partial charge on any atom is 0.410 e. The SMILES string of the molecule is CC(C)(C)OC(=O)N1CC(COc2ccc(B3CC(C)(C)C(C)(C)O3)cc2)C1. The van der Waals surface area contributed by atoms with Crippen LogP contribution in [-0.2, 0) is 9.39 Å². The zero-order valence-corrected chi connectivity index (χ0v) is 18.4. The van der Waals surface area contributed by atoms with E-state index < -0.39 is 5.60 Å². The summed E-state index contributed by atoms with van der Waals surface area (Å²) < 4.78 is 17.6. The fourth-order valence-corrected chi connectivity index (χ4v) is 3.60. The number of carbonyl (C=O) groups excluding carboxylic acids is 1. The van der Waals surface area contributed by atoms with Crippen molar-refractivity contribution >= 4 is 18.5 Å². The molecule has 0 N–H and O–H groups in total. The summed E-state index contributed by atoms with van der Waals surface area (Å²) in [5, 5.41) is 0. The van der Waals surface area contributed by atoms with Crippen LogP contribution in [0.5, 0.6) is 5.75 Å². The molecular formula is C22H34BNO4. The predicted molar refractivity (Wildman–Crippen MR) is 112 cm³/mol. The molecule has 0 aliphatic carbocycles. The molecule has 2 aliphatic heterocycles. The molecule has 0 spiro atoms. The van der Waals surface area contributed by atoms with Gasteiger partial charge in [0.15, 0.2) is 0 Å². The maximum absolute atomic E-state index is 12.0. The molecule has 6 heteroatoms. The number of amides is 1. The molecule has 154 valence electrons. The van der Waals surface area contributed by atoms with Crippen molar-refractivity contribution in [1.29, 1.82) is 0 Å². The Kier molecular flexibility index (Phi) is 5.48.